The van der Waals surface area contributed by atoms with E-state index in [0.717, 1.165) is 22.6 Å². The Labute approximate surface area is 152 Å². The molecule has 1 atom stereocenters. The van der Waals surface area contributed by atoms with Crippen molar-refractivity contribution in [2.75, 3.05) is 27.5 Å². The van der Waals surface area contributed by atoms with Crippen LogP contribution in [0.3, 0.4) is 0 Å². The third-order valence-electron chi connectivity index (χ3n) is 4.42. The molecule has 2 aromatic rings. The summed E-state index contributed by atoms with van der Waals surface area (Å²) in [6, 6.07) is 12.9. The summed E-state index contributed by atoms with van der Waals surface area (Å²) >= 11 is 0. The highest BCUT2D eigenvalue weighted by Crippen LogP contribution is 2.32. The van der Waals surface area contributed by atoms with Gasteiger partial charge in [0.2, 0.25) is 12.7 Å². The lowest BCUT2D eigenvalue weighted by Crippen LogP contribution is -2.31. The van der Waals surface area contributed by atoms with Crippen molar-refractivity contribution in [3.63, 3.8) is 0 Å². The number of likely N-dealkylation sites (N-methyl/N-ethyl adjacent to an activating group) is 1. The molecule has 3 rings (SSSR count). The summed E-state index contributed by atoms with van der Waals surface area (Å²) in [6.07, 6.45) is 0.209. The van der Waals surface area contributed by atoms with E-state index in [0.29, 0.717) is 18.6 Å². The average Bonchev–Trinajstić information content (AvgIpc) is 3.13. The summed E-state index contributed by atoms with van der Waals surface area (Å²) in [4.78, 5) is 13.9. The fourth-order valence-corrected chi connectivity index (χ4v) is 2.85. The van der Waals surface area contributed by atoms with Gasteiger partial charge >= 0.3 is 0 Å². The number of carbonyl (C=O) groups excluding carboxylic acids is 1. The molecule has 0 aliphatic carbocycles. The van der Waals surface area contributed by atoms with Crippen LogP contribution in [0, 0.1) is 0 Å². The Kier molecular flexibility index (Phi) is 5.63. The standard InChI is InChI=1S/C20H23NO5/c1-21(12-17(22)15-4-3-5-16(11-15)24-2)20(23)9-7-14-6-8-18-19(10-14)26-13-25-18/h3-6,8,10-11,17,22H,7,9,12-13H2,1-2H3. The van der Waals surface area contributed by atoms with Crippen LogP contribution in [-0.2, 0) is 11.2 Å². The van der Waals surface area contributed by atoms with Gasteiger partial charge in [-0.15, -0.1) is 0 Å². The van der Waals surface area contributed by atoms with E-state index >= 15 is 0 Å². The van der Waals surface area contributed by atoms with Crippen LogP contribution in [0.5, 0.6) is 17.2 Å². The minimum absolute atomic E-state index is 0.0235. The first-order valence-electron chi connectivity index (χ1n) is 8.51. The molecule has 6 nitrogen and oxygen atoms in total. The Hall–Kier alpha value is -2.73. The Bertz CT molecular complexity index is 777. The molecule has 0 saturated carbocycles. The fourth-order valence-electron chi connectivity index (χ4n) is 2.85. The largest absolute Gasteiger partial charge is 0.497 e. The summed E-state index contributed by atoms with van der Waals surface area (Å²) in [5.74, 6) is 2.11. The van der Waals surface area contributed by atoms with Gasteiger partial charge in [-0.25, -0.2) is 0 Å². The van der Waals surface area contributed by atoms with E-state index < -0.39 is 6.10 Å². The fraction of sp³-hybridized carbons (Fsp3) is 0.350. The number of rotatable bonds is 7. The van der Waals surface area contributed by atoms with Gasteiger partial charge in [-0.05, 0) is 41.8 Å². The number of ether oxygens (including phenoxy) is 3. The van der Waals surface area contributed by atoms with Gasteiger partial charge in [0.15, 0.2) is 11.5 Å². The molecule has 2 aromatic carbocycles. The summed E-state index contributed by atoms with van der Waals surface area (Å²) in [7, 11) is 3.28. The molecular formula is C20H23NO5. The van der Waals surface area contributed by atoms with E-state index in [4.69, 9.17) is 14.2 Å². The van der Waals surface area contributed by atoms with Crippen LogP contribution in [0.4, 0.5) is 0 Å². The topological polar surface area (TPSA) is 68.2 Å². The summed E-state index contributed by atoms with van der Waals surface area (Å²) in [5, 5.41) is 10.4. The minimum atomic E-state index is -0.760. The van der Waals surface area contributed by atoms with E-state index in [1.54, 1.807) is 25.1 Å². The zero-order valence-electron chi connectivity index (χ0n) is 15.0. The van der Waals surface area contributed by atoms with Crippen LogP contribution in [0.15, 0.2) is 42.5 Å². The Morgan fingerprint density at radius 3 is 2.85 bits per heavy atom. The second-order valence-electron chi connectivity index (χ2n) is 6.25. The van der Waals surface area contributed by atoms with Crippen molar-refractivity contribution in [3.05, 3.63) is 53.6 Å². The van der Waals surface area contributed by atoms with E-state index in [1.165, 1.54) is 0 Å². The molecule has 0 spiro atoms. The van der Waals surface area contributed by atoms with E-state index in [9.17, 15) is 9.90 Å². The van der Waals surface area contributed by atoms with Crippen LogP contribution >= 0.6 is 0 Å². The number of hydrogen-bond donors (Lipinski definition) is 1. The smallest absolute Gasteiger partial charge is 0.231 e. The van der Waals surface area contributed by atoms with Gasteiger partial charge in [-0.1, -0.05) is 18.2 Å². The SMILES string of the molecule is COc1cccc(C(O)CN(C)C(=O)CCc2ccc3c(c2)OCO3)c1. The third kappa shape index (κ3) is 4.26. The quantitative estimate of drug-likeness (QED) is 0.825. The second kappa shape index (κ2) is 8.10. The zero-order valence-corrected chi connectivity index (χ0v) is 15.0. The maximum Gasteiger partial charge on any atom is 0.231 e. The normalized spacial score (nSPS) is 13.3. The number of aliphatic hydroxyl groups excluding tert-OH is 1. The van der Waals surface area contributed by atoms with Gasteiger partial charge < -0.3 is 24.2 Å². The highest BCUT2D eigenvalue weighted by atomic mass is 16.7. The van der Waals surface area contributed by atoms with Gasteiger partial charge in [0.25, 0.3) is 0 Å². The molecule has 1 N–H and O–H groups in total. The van der Waals surface area contributed by atoms with Gasteiger partial charge in [0, 0.05) is 13.5 Å². The average molecular weight is 357 g/mol. The lowest BCUT2D eigenvalue weighted by molar-refractivity contribution is -0.131. The van der Waals surface area contributed by atoms with Gasteiger partial charge in [0.05, 0.1) is 19.8 Å². The molecule has 26 heavy (non-hydrogen) atoms. The van der Waals surface area contributed by atoms with Crippen molar-refractivity contribution in [1.82, 2.24) is 4.90 Å². The van der Waals surface area contributed by atoms with Crippen LogP contribution in [0.1, 0.15) is 23.7 Å². The Morgan fingerprint density at radius 1 is 1.23 bits per heavy atom. The lowest BCUT2D eigenvalue weighted by atomic mass is 10.1. The van der Waals surface area contributed by atoms with Gasteiger partial charge in [-0.3, -0.25) is 4.79 Å². The number of methoxy groups -OCH3 is 1. The Balaban J connectivity index is 1.52. The molecule has 1 aliphatic rings. The molecule has 0 bridgehead atoms. The monoisotopic (exact) mass is 357 g/mol. The van der Waals surface area contributed by atoms with Crippen molar-refractivity contribution in [2.24, 2.45) is 0 Å². The van der Waals surface area contributed by atoms with Crippen LogP contribution < -0.4 is 14.2 Å². The first kappa shape index (κ1) is 18.1. The highest BCUT2D eigenvalue weighted by molar-refractivity contribution is 5.76. The number of nitrogens with zero attached hydrogens (tertiary/aromatic N) is 1. The van der Waals surface area contributed by atoms with Crippen molar-refractivity contribution < 1.29 is 24.1 Å². The molecule has 1 aliphatic heterocycles. The Morgan fingerprint density at radius 2 is 2.04 bits per heavy atom. The van der Waals surface area contributed by atoms with Gasteiger partial charge in [0.1, 0.15) is 5.75 Å². The number of amides is 1. The van der Waals surface area contributed by atoms with Crippen LogP contribution in [0.2, 0.25) is 0 Å². The summed E-state index contributed by atoms with van der Waals surface area (Å²) in [5.41, 5.74) is 1.74. The number of hydrogen-bond acceptors (Lipinski definition) is 5. The zero-order chi connectivity index (χ0) is 18.5. The molecule has 1 amide bonds. The number of aliphatic hydroxyl groups is 1. The first-order chi connectivity index (χ1) is 12.6. The summed E-state index contributed by atoms with van der Waals surface area (Å²) < 4.78 is 15.8. The molecule has 1 heterocycles. The molecule has 0 fully saturated rings. The molecular weight excluding hydrogens is 334 g/mol. The molecule has 0 aromatic heterocycles. The van der Waals surface area contributed by atoms with Crippen LogP contribution in [-0.4, -0.2) is 43.4 Å². The van der Waals surface area contributed by atoms with Crippen molar-refractivity contribution in [2.45, 2.75) is 18.9 Å². The van der Waals surface area contributed by atoms with E-state index in [1.807, 2.05) is 36.4 Å². The number of aryl methyl sites for hydroxylation is 1. The number of benzene rings is 2. The number of fused-ring (bicyclic) bond motifs is 1. The van der Waals surface area contributed by atoms with E-state index in [-0.39, 0.29) is 19.2 Å². The summed E-state index contributed by atoms with van der Waals surface area (Å²) in [6.45, 7) is 0.468. The third-order valence-corrected chi connectivity index (χ3v) is 4.42. The molecule has 6 heteroatoms. The predicted octanol–water partition coefficient (Wildman–Crippen LogP) is 2.55. The highest BCUT2D eigenvalue weighted by Gasteiger charge is 2.17. The van der Waals surface area contributed by atoms with Crippen LogP contribution in [0.25, 0.3) is 0 Å². The predicted molar refractivity (Wildman–Crippen MR) is 96.5 cm³/mol. The van der Waals surface area contributed by atoms with Gasteiger partial charge in [-0.2, -0.15) is 0 Å². The van der Waals surface area contributed by atoms with E-state index in [2.05, 4.69) is 0 Å². The minimum Gasteiger partial charge on any atom is -0.497 e. The molecule has 0 radical (unpaired) electrons. The maximum atomic E-state index is 12.4. The van der Waals surface area contributed by atoms with Crippen molar-refractivity contribution >= 4 is 5.91 Å². The first-order valence-corrected chi connectivity index (χ1v) is 8.51. The van der Waals surface area contributed by atoms with Crippen molar-refractivity contribution in [3.8, 4) is 17.2 Å². The maximum absolute atomic E-state index is 12.4. The molecule has 138 valence electrons. The molecule has 0 saturated heterocycles. The second-order valence-corrected chi connectivity index (χ2v) is 6.25. The molecule has 1 unspecified atom stereocenters. The lowest BCUT2D eigenvalue weighted by Gasteiger charge is -2.21. The number of carbonyl (C=O) groups is 1. The van der Waals surface area contributed by atoms with Crippen molar-refractivity contribution in [1.29, 1.82) is 0 Å².